The van der Waals surface area contributed by atoms with Crippen molar-refractivity contribution in [2.45, 2.75) is 129 Å². The van der Waals surface area contributed by atoms with E-state index in [-0.39, 0.29) is 53.7 Å². The lowest BCUT2D eigenvalue weighted by Crippen LogP contribution is -2.75. The van der Waals surface area contributed by atoms with Crippen LogP contribution in [0.4, 0.5) is 5.69 Å². The maximum Gasteiger partial charge on any atom is 0.262 e. The minimum Gasteiger partial charge on any atom is -0.489 e. The molecular weight excluding hydrogens is 772 g/mol. The van der Waals surface area contributed by atoms with Gasteiger partial charge < -0.3 is 15.0 Å². The van der Waals surface area contributed by atoms with Crippen molar-refractivity contribution in [3.8, 4) is 5.75 Å². The number of imide groups is 2. The average Bonchev–Trinajstić information content (AvgIpc) is 3.75. The SMILES string of the molecule is [C-]#[N+]c1ccc(OC2C(C)(C)C(NC(=O)C34CCC(C(=O)N5CCC(N6Cc7cc8c(cc7C6)C(=O)N(C6CCC(=O)NC6=O)C8=O)CC5)(CC3)CC4)C2(C)C)cc1Cl. The quantitative estimate of drug-likeness (QED) is 0.258. The summed E-state index contributed by atoms with van der Waals surface area (Å²) in [6, 6.07) is 7.88. The topological polar surface area (TPSA) is 150 Å². The van der Waals surface area contributed by atoms with Gasteiger partial charge >= 0.3 is 0 Å². The summed E-state index contributed by atoms with van der Waals surface area (Å²) < 4.78 is 6.45. The lowest BCUT2D eigenvalue weighted by Gasteiger charge is -2.64. The van der Waals surface area contributed by atoms with Gasteiger partial charge in [-0.25, -0.2) is 4.85 Å². The molecule has 4 heterocycles. The number of carbonyl (C=O) groups excluding carboxylic acids is 6. The summed E-state index contributed by atoms with van der Waals surface area (Å²) in [5, 5.41) is 6.06. The van der Waals surface area contributed by atoms with Gasteiger partial charge in [0, 0.05) is 66.3 Å². The minimum atomic E-state index is -0.986. The second kappa shape index (κ2) is 13.9. The highest BCUT2D eigenvalue weighted by Gasteiger charge is 2.65. The van der Waals surface area contributed by atoms with Crippen molar-refractivity contribution >= 4 is 52.7 Å². The van der Waals surface area contributed by atoms with E-state index in [1.165, 1.54) is 0 Å². The molecule has 13 nitrogen and oxygen atoms in total. The first-order valence-electron chi connectivity index (χ1n) is 21.0. The summed E-state index contributed by atoms with van der Waals surface area (Å²) >= 11 is 6.29. The predicted octanol–water partition coefficient (Wildman–Crippen LogP) is 5.94. The van der Waals surface area contributed by atoms with Gasteiger partial charge in [0.25, 0.3) is 11.8 Å². The standard InChI is InChI=1S/C45H51ClN6O7/c1-42(2)38(43(3,4)39(42)59-28-6-7-32(47-5)31(46)22-28)49-40(57)44-12-15-45(16-13-44,17-14-44)41(58)50-18-10-27(11-19-50)51-23-25-20-29-30(21-26(25)24-51)37(56)52(36(29)55)33-8-9-34(53)48-35(33)54/h6-7,20-22,27,33,38-39H,8-19,23-24H2,1-4H3,(H,49,57)(H,48,53,54). The number of hydrogen-bond acceptors (Lipinski definition) is 8. The van der Waals surface area contributed by atoms with Crippen molar-refractivity contribution in [2.75, 3.05) is 13.1 Å². The van der Waals surface area contributed by atoms with Crippen molar-refractivity contribution in [1.82, 2.24) is 25.3 Å². The van der Waals surface area contributed by atoms with E-state index in [4.69, 9.17) is 22.9 Å². The Morgan fingerprint density at radius 1 is 0.847 bits per heavy atom. The number of hydrogen-bond donors (Lipinski definition) is 2. The molecule has 0 radical (unpaired) electrons. The number of rotatable bonds is 7. The maximum absolute atomic E-state index is 14.3. The highest BCUT2D eigenvalue weighted by molar-refractivity contribution is 6.33. The Bertz CT molecular complexity index is 2170. The lowest BCUT2D eigenvalue weighted by molar-refractivity contribution is -0.181. The van der Waals surface area contributed by atoms with Gasteiger partial charge in [-0.2, -0.15) is 0 Å². The normalized spacial score (nSPS) is 30.9. The van der Waals surface area contributed by atoms with E-state index < -0.39 is 40.5 Å². The zero-order valence-electron chi connectivity index (χ0n) is 34.1. The van der Waals surface area contributed by atoms with Gasteiger partial charge in [-0.3, -0.25) is 43.9 Å². The Kier molecular flexibility index (Phi) is 9.33. The summed E-state index contributed by atoms with van der Waals surface area (Å²) in [6.45, 7) is 18.4. The van der Waals surface area contributed by atoms with E-state index in [0.29, 0.717) is 92.3 Å². The second-order valence-electron chi connectivity index (χ2n) is 19.4. The number of carbonyl (C=O) groups is 6. The smallest absolute Gasteiger partial charge is 0.262 e. The van der Waals surface area contributed by atoms with E-state index in [0.717, 1.165) is 28.9 Å². The fourth-order valence-electron chi connectivity index (χ4n) is 12.1. The van der Waals surface area contributed by atoms with E-state index in [1.807, 2.05) is 0 Å². The molecule has 2 aromatic carbocycles. The Balaban J connectivity index is 0.775. The molecule has 14 heteroatoms. The minimum absolute atomic E-state index is 0.0811. The molecule has 1 unspecified atom stereocenters. The number of nitrogens with zero attached hydrogens (tertiary/aromatic N) is 4. The number of fused-ring (bicyclic) bond motifs is 5. The third-order valence-electron chi connectivity index (χ3n) is 15.4. The molecule has 2 bridgehead atoms. The van der Waals surface area contributed by atoms with Crippen molar-refractivity contribution in [3.05, 3.63) is 69.0 Å². The third-order valence-corrected chi connectivity index (χ3v) is 15.7. The Labute approximate surface area is 349 Å². The van der Waals surface area contributed by atoms with Crippen LogP contribution in [0.2, 0.25) is 5.02 Å². The second-order valence-corrected chi connectivity index (χ2v) is 19.8. The molecule has 310 valence electrons. The molecule has 4 aliphatic carbocycles. The molecule has 0 spiro atoms. The molecule has 4 aliphatic heterocycles. The van der Waals surface area contributed by atoms with E-state index >= 15 is 0 Å². The number of likely N-dealkylation sites (tertiary alicyclic amines) is 1. The van der Waals surface area contributed by atoms with E-state index in [9.17, 15) is 28.8 Å². The first kappa shape index (κ1) is 39.6. The number of benzene rings is 2. The van der Waals surface area contributed by atoms with Crippen LogP contribution in [0.25, 0.3) is 4.85 Å². The summed E-state index contributed by atoms with van der Waals surface area (Å²) in [6.07, 6.45) is 5.94. The largest absolute Gasteiger partial charge is 0.489 e. The summed E-state index contributed by atoms with van der Waals surface area (Å²) in [4.78, 5) is 88.3. The van der Waals surface area contributed by atoms with Crippen LogP contribution in [0.5, 0.6) is 5.75 Å². The van der Waals surface area contributed by atoms with Gasteiger partial charge in [0.05, 0.1) is 22.7 Å². The highest BCUT2D eigenvalue weighted by atomic mass is 35.5. The molecule has 59 heavy (non-hydrogen) atoms. The number of amides is 6. The molecule has 6 fully saturated rings. The number of nitrogens with one attached hydrogen (secondary N) is 2. The molecule has 4 saturated carbocycles. The molecule has 10 rings (SSSR count). The maximum atomic E-state index is 14.3. The van der Waals surface area contributed by atoms with Crippen molar-refractivity contribution in [1.29, 1.82) is 0 Å². The van der Waals surface area contributed by atoms with Gasteiger partial charge in [0.1, 0.15) is 17.9 Å². The van der Waals surface area contributed by atoms with E-state index in [1.54, 1.807) is 30.3 Å². The Hall–Kier alpha value is -4.80. The third kappa shape index (κ3) is 6.18. The predicted molar refractivity (Wildman–Crippen MR) is 216 cm³/mol. The van der Waals surface area contributed by atoms with Crippen LogP contribution in [-0.2, 0) is 32.3 Å². The zero-order valence-corrected chi connectivity index (χ0v) is 34.9. The van der Waals surface area contributed by atoms with Crippen molar-refractivity contribution < 1.29 is 33.5 Å². The molecule has 0 aromatic heterocycles. The monoisotopic (exact) mass is 822 g/mol. The zero-order chi connectivity index (χ0) is 41.8. The van der Waals surface area contributed by atoms with Crippen LogP contribution in [0, 0.1) is 28.2 Å². The molecular formula is C45H51ClN6O7. The Morgan fingerprint density at radius 3 is 1.97 bits per heavy atom. The lowest BCUT2D eigenvalue weighted by atomic mass is 9.48. The van der Waals surface area contributed by atoms with Gasteiger partial charge in [0.15, 0.2) is 0 Å². The highest BCUT2D eigenvalue weighted by Crippen LogP contribution is 2.60. The van der Waals surface area contributed by atoms with Gasteiger partial charge in [-0.15, -0.1) is 0 Å². The number of ether oxygens (including phenoxy) is 1. The average molecular weight is 823 g/mol. The fourth-order valence-corrected chi connectivity index (χ4v) is 12.4. The molecule has 2 saturated heterocycles. The molecule has 2 aromatic rings. The molecule has 2 N–H and O–H groups in total. The Morgan fingerprint density at radius 2 is 1.42 bits per heavy atom. The van der Waals surface area contributed by atoms with Crippen LogP contribution >= 0.6 is 11.6 Å². The van der Waals surface area contributed by atoms with Crippen LogP contribution in [0.1, 0.15) is 124 Å². The van der Waals surface area contributed by atoms with Crippen LogP contribution in [0.3, 0.4) is 0 Å². The van der Waals surface area contributed by atoms with Crippen molar-refractivity contribution in [3.63, 3.8) is 0 Å². The summed E-state index contributed by atoms with van der Waals surface area (Å²) in [5.74, 6) is -1.08. The molecule has 6 amide bonds. The first-order valence-corrected chi connectivity index (χ1v) is 21.4. The van der Waals surface area contributed by atoms with Crippen LogP contribution in [0.15, 0.2) is 30.3 Å². The van der Waals surface area contributed by atoms with Crippen LogP contribution in [-0.4, -0.2) is 87.5 Å². The van der Waals surface area contributed by atoms with E-state index in [2.05, 4.69) is 53.0 Å². The summed E-state index contributed by atoms with van der Waals surface area (Å²) in [7, 11) is 0. The van der Waals surface area contributed by atoms with Gasteiger partial charge in [-0.05, 0) is 93.2 Å². The molecule has 8 aliphatic rings. The number of halogens is 1. The fraction of sp³-hybridized carbons (Fsp3) is 0.578. The molecule has 1 atom stereocenters. The van der Waals surface area contributed by atoms with Gasteiger partial charge in [0.2, 0.25) is 29.3 Å². The summed E-state index contributed by atoms with van der Waals surface area (Å²) in [5.41, 5.74) is 1.39. The van der Waals surface area contributed by atoms with Gasteiger partial charge in [-0.1, -0.05) is 45.4 Å². The first-order chi connectivity index (χ1) is 28.0. The van der Waals surface area contributed by atoms with Crippen molar-refractivity contribution in [2.24, 2.45) is 21.7 Å². The van der Waals surface area contributed by atoms with Crippen LogP contribution < -0.4 is 15.4 Å². The number of piperidine rings is 2.